The lowest BCUT2D eigenvalue weighted by atomic mass is 9.89. The van der Waals surface area contributed by atoms with Gasteiger partial charge in [-0.15, -0.1) is 0 Å². The Labute approximate surface area is 144 Å². The van der Waals surface area contributed by atoms with Crippen LogP contribution < -0.4 is 0 Å². The Bertz CT molecular complexity index is 1380. The highest BCUT2D eigenvalue weighted by molar-refractivity contribution is 6.29. The third-order valence-electron chi connectivity index (χ3n) is 5.25. The lowest BCUT2D eigenvalue weighted by Crippen LogP contribution is -1.88. The van der Waals surface area contributed by atoms with Crippen molar-refractivity contribution in [2.24, 2.45) is 0 Å². The van der Waals surface area contributed by atoms with Crippen LogP contribution in [0.1, 0.15) is 0 Å². The molecule has 0 aliphatic carbocycles. The molecule has 0 saturated carbocycles. The molecule has 0 radical (unpaired) electrons. The van der Waals surface area contributed by atoms with Gasteiger partial charge in [-0.25, -0.2) is 4.98 Å². The average molecular weight is 318 g/mol. The normalized spacial score (nSPS) is 12.0. The second kappa shape index (κ2) is 4.58. The lowest BCUT2D eigenvalue weighted by Gasteiger charge is -2.14. The van der Waals surface area contributed by atoms with Crippen molar-refractivity contribution >= 4 is 43.4 Å². The lowest BCUT2D eigenvalue weighted by molar-refractivity contribution is 1.35. The summed E-state index contributed by atoms with van der Waals surface area (Å²) in [7, 11) is 0. The molecule has 0 aliphatic heterocycles. The van der Waals surface area contributed by atoms with Gasteiger partial charge in [-0.05, 0) is 44.1 Å². The van der Waals surface area contributed by atoms with Crippen LogP contribution in [0.15, 0.2) is 79.1 Å². The van der Waals surface area contributed by atoms with Crippen LogP contribution in [0.25, 0.3) is 54.5 Å². The van der Waals surface area contributed by atoms with Crippen molar-refractivity contribution in [2.45, 2.75) is 0 Å². The van der Waals surface area contributed by atoms with Gasteiger partial charge in [0.25, 0.3) is 0 Å². The number of H-pyrrole nitrogens is 1. The molecule has 0 atom stereocenters. The van der Waals surface area contributed by atoms with Crippen molar-refractivity contribution in [3.8, 4) is 11.1 Å². The Hall–Kier alpha value is -3.39. The van der Waals surface area contributed by atoms with Gasteiger partial charge in [0.05, 0.1) is 17.4 Å². The molecule has 6 aromatic rings. The Morgan fingerprint density at radius 2 is 1.44 bits per heavy atom. The van der Waals surface area contributed by atoms with Crippen LogP contribution in [0.2, 0.25) is 0 Å². The van der Waals surface area contributed by atoms with E-state index in [1.165, 1.54) is 43.4 Å². The molecule has 0 amide bonds. The predicted octanol–water partition coefficient (Wildman–Crippen LogP) is 6.13. The van der Waals surface area contributed by atoms with E-state index in [1.54, 1.807) is 6.33 Å². The maximum Gasteiger partial charge on any atom is 0.0961 e. The molecule has 2 nitrogen and oxygen atoms in total. The molecule has 116 valence electrons. The quantitative estimate of drug-likeness (QED) is 0.363. The molecule has 5 aromatic carbocycles. The number of benzene rings is 5. The number of rotatable bonds is 1. The van der Waals surface area contributed by atoms with Gasteiger partial charge in [0.2, 0.25) is 0 Å². The summed E-state index contributed by atoms with van der Waals surface area (Å²) in [4.78, 5) is 7.80. The van der Waals surface area contributed by atoms with E-state index >= 15 is 0 Å². The highest BCUT2D eigenvalue weighted by atomic mass is 14.9. The van der Waals surface area contributed by atoms with Crippen LogP contribution in [0.3, 0.4) is 0 Å². The van der Waals surface area contributed by atoms with E-state index in [9.17, 15) is 0 Å². The summed E-state index contributed by atoms with van der Waals surface area (Å²) >= 11 is 0. The van der Waals surface area contributed by atoms with Gasteiger partial charge in [-0.2, -0.15) is 0 Å². The van der Waals surface area contributed by atoms with Gasteiger partial charge in [0.1, 0.15) is 0 Å². The minimum absolute atomic E-state index is 1.05. The number of fused-ring (bicyclic) bond motifs is 2. The van der Waals surface area contributed by atoms with Crippen molar-refractivity contribution in [3.05, 3.63) is 79.1 Å². The molecular formula is C23H14N2. The number of hydrogen-bond acceptors (Lipinski definition) is 1. The molecule has 0 aliphatic rings. The van der Waals surface area contributed by atoms with E-state index in [0.717, 1.165) is 11.0 Å². The van der Waals surface area contributed by atoms with Gasteiger partial charge in [0, 0.05) is 5.39 Å². The number of aromatic nitrogens is 2. The summed E-state index contributed by atoms with van der Waals surface area (Å²) < 4.78 is 0. The molecule has 0 unspecified atom stereocenters. The van der Waals surface area contributed by atoms with E-state index < -0.39 is 0 Å². The minimum atomic E-state index is 1.05. The average Bonchev–Trinajstić information content (AvgIpc) is 3.15. The number of nitrogens with zero attached hydrogens (tertiary/aromatic N) is 1. The predicted molar refractivity (Wildman–Crippen MR) is 105 cm³/mol. The fourth-order valence-corrected chi connectivity index (χ4v) is 4.15. The molecule has 0 saturated heterocycles. The van der Waals surface area contributed by atoms with E-state index in [-0.39, 0.29) is 0 Å². The maximum atomic E-state index is 4.55. The van der Waals surface area contributed by atoms with Crippen molar-refractivity contribution in [3.63, 3.8) is 0 Å². The van der Waals surface area contributed by atoms with Gasteiger partial charge in [-0.3, -0.25) is 0 Å². The standard InChI is InChI=1S/C23H14N2/c1-2-4-14(5-3-1)17-9-8-15-6-7-16-12-20-23(25-13-24-20)19-11-10-18(17)21(15)22(16)19/h1-13H,(H,24,25). The van der Waals surface area contributed by atoms with Crippen LogP contribution >= 0.6 is 0 Å². The van der Waals surface area contributed by atoms with E-state index in [4.69, 9.17) is 0 Å². The molecule has 1 aromatic heterocycles. The van der Waals surface area contributed by atoms with Crippen molar-refractivity contribution < 1.29 is 0 Å². The van der Waals surface area contributed by atoms with Gasteiger partial charge < -0.3 is 4.98 Å². The maximum absolute atomic E-state index is 4.55. The number of imidazole rings is 1. The second-order valence-electron chi connectivity index (χ2n) is 6.58. The zero-order valence-corrected chi connectivity index (χ0v) is 13.5. The van der Waals surface area contributed by atoms with E-state index in [1.807, 2.05) is 0 Å². The third-order valence-corrected chi connectivity index (χ3v) is 5.25. The molecule has 25 heavy (non-hydrogen) atoms. The van der Waals surface area contributed by atoms with Crippen LogP contribution in [0.4, 0.5) is 0 Å². The topological polar surface area (TPSA) is 28.7 Å². The smallest absolute Gasteiger partial charge is 0.0961 e. The van der Waals surface area contributed by atoms with Crippen LogP contribution in [-0.4, -0.2) is 9.97 Å². The number of hydrogen-bond donors (Lipinski definition) is 1. The molecule has 0 spiro atoms. The van der Waals surface area contributed by atoms with Crippen LogP contribution in [0, 0.1) is 0 Å². The Kier molecular flexibility index (Phi) is 2.37. The van der Waals surface area contributed by atoms with Gasteiger partial charge >= 0.3 is 0 Å². The Morgan fingerprint density at radius 1 is 0.680 bits per heavy atom. The largest absolute Gasteiger partial charge is 0.345 e. The fraction of sp³-hybridized carbons (Fsp3) is 0. The van der Waals surface area contributed by atoms with Crippen LogP contribution in [0.5, 0.6) is 0 Å². The van der Waals surface area contributed by atoms with Crippen molar-refractivity contribution in [2.75, 3.05) is 0 Å². The molecule has 1 N–H and O–H groups in total. The zero-order chi connectivity index (χ0) is 16.4. The summed E-state index contributed by atoms with van der Waals surface area (Å²) in [5, 5.41) is 7.71. The summed E-state index contributed by atoms with van der Waals surface area (Å²) in [6.45, 7) is 0. The highest BCUT2D eigenvalue weighted by Gasteiger charge is 2.14. The first-order chi connectivity index (χ1) is 12.4. The first-order valence-electron chi connectivity index (χ1n) is 8.49. The number of aromatic amines is 1. The molecule has 2 heteroatoms. The molecule has 1 heterocycles. The first kappa shape index (κ1) is 13.0. The van der Waals surface area contributed by atoms with Crippen LogP contribution in [-0.2, 0) is 0 Å². The van der Waals surface area contributed by atoms with Crippen molar-refractivity contribution in [1.82, 2.24) is 9.97 Å². The first-order valence-corrected chi connectivity index (χ1v) is 8.49. The molecule has 6 rings (SSSR count). The summed E-state index contributed by atoms with van der Waals surface area (Å²) in [5.74, 6) is 0. The summed E-state index contributed by atoms with van der Waals surface area (Å²) in [6, 6.07) is 26.2. The fourth-order valence-electron chi connectivity index (χ4n) is 4.15. The van der Waals surface area contributed by atoms with Gasteiger partial charge in [0.15, 0.2) is 0 Å². The molecule has 0 bridgehead atoms. The molecular weight excluding hydrogens is 304 g/mol. The second-order valence-corrected chi connectivity index (χ2v) is 6.58. The summed E-state index contributed by atoms with van der Waals surface area (Å²) in [5.41, 5.74) is 4.68. The third kappa shape index (κ3) is 1.66. The SMILES string of the molecule is c1ccc(-c2ccc3ccc4cc5[nH]cnc5c5ccc2c3c45)cc1. The van der Waals surface area contributed by atoms with Crippen molar-refractivity contribution in [1.29, 1.82) is 0 Å². The Morgan fingerprint density at radius 3 is 2.36 bits per heavy atom. The molecule has 0 fully saturated rings. The monoisotopic (exact) mass is 318 g/mol. The summed E-state index contributed by atoms with van der Waals surface area (Å²) in [6.07, 6.45) is 1.78. The van der Waals surface area contributed by atoms with E-state index in [0.29, 0.717) is 0 Å². The Balaban J connectivity index is 1.87. The zero-order valence-electron chi connectivity index (χ0n) is 13.5. The minimum Gasteiger partial charge on any atom is -0.345 e. The van der Waals surface area contributed by atoms with Gasteiger partial charge in [-0.1, -0.05) is 66.7 Å². The number of nitrogens with one attached hydrogen (secondary N) is 1. The highest BCUT2D eigenvalue weighted by Crippen LogP contribution is 2.40. The van der Waals surface area contributed by atoms with E-state index in [2.05, 4.69) is 82.8 Å².